The molecule has 1 aromatic rings. The summed E-state index contributed by atoms with van der Waals surface area (Å²) in [5.74, 6) is -2.56. The third-order valence-electron chi connectivity index (χ3n) is 4.06. The van der Waals surface area contributed by atoms with Gasteiger partial charge in [0.2, 0.25) is 0 Å². The summed E-state index contributed by atoms with van der Waals surface area (Å²) in [7, 11) is 1.42. The first-order valence-corrected chi connectivity index (χ1v) is 8.35. The van der Waals surface area contributed by atoms with E-state index in [-0.39, 0.29) is 17.8 Å². The number of carbonyl (C=O) groups excluding carboxylic acids is 2. The summed E-state index contributed by atoms with van der Waals surface area (Å²) in [6.45, 7) is 10.8. The van der Waals surface area contributed by atoms with Crippen LogP contribution in [0, 0.1) is 6.92 Å². The third kappa shape index (κ3) is 4.04. The van der Waals surface area contributed by atoms with Crippen molar-refractivity contribution >= 4 is 24.1 Å². The summed E-state index contributed by atoms with van der Waals surface area (Å²) in [6.07, 6.45) is 5.91. The SMILES string of the molecule is C=Cc1cc(CC(OC)=C2C(=O)OC(C)(C)OC2=O)c(/C=C/C)cc1C. The first-order chi connectivity index (χ1) is 12.2. The number of ether oxygens (including phenoxy) is 3. The fourth-order valence-electron chi connectivity index (χ4n) is 2.82. The lowest BCUT2D eigenvalue weighted by molar-refractivity contribution is -0.222. The van der Waals surface area contributed by atoms with E-state index in [1.165, 1.54) is 21.0 Å². The average Bonchev–Trinajstić information content (AvgIpc) is 2.54. The van der Waals surface area contributed by atoms with Gasteiger partial charge in [-0.3, -0.25) is 0 Å². The number of methoxy groups -OCH3 is 1. The van der Waals surface area contributed by atoms with E-state index in [0.717, 1.165) is 22.3 Å². The minimum absolute atomic E-state index is 0.208. The number of hydrogen-bond donors (Lipinski definition) is 0. The van der Waals surface area contributed by atoms with Gasteiger partial charge in [0.15, 0.2) is 5.57 Å². The largest absolute Gasteiger partial charge is 0.500 e. The highest BCUT2D eigenvalue weighted by Crippen LogP contribution is 2.28. The maximum Gasteiger partial charge on any atom is 0.352 e. The van der Waals surface area contributed by atoms with Crippen LogP contribution in [0.2, 0.25) is 0 Å². The summed E-state index contributed by atoms with van der Waals surface area (Å²) in [5.41, 5.74) is 3.73. The molecule has 1 aromatic carbocycles. The summed E-state index contributed by atoms with van der Waals surface area (Å²) in [5, 5.41) is 0. The van der Waals surface area contributed by atoms with E-state index < -0.39 is 17.7 Å². The van der Waals surface area contributed by atoms with Gasteiger partial charge in [0.1, 0.15) is 5.76 Å². The molecule has 1 saturated heterocycles. The van der Waals surface area contributed by atoms with E-state index in [1.54, 1.807) is 6.08 Å². The topological polar surface area (TPSA) is 61.8 Å². The number of cyclic esters (lactones) is 2. The molecule has 0 aromatic heterocycles. The Morgan fingerprint density at radius 1 is 1.19 bits per heavy atom. The summed E-state index contributed by atoms with van der Waals surface area (Å²) >= 11 is 0. The van der Waals surface area contributed by atoms with Gasteiger partial charge < -0.3 is 14.2 Å². The van der Waals surface area contributed by atoms with Gasteiger partial charge >= 0.3 is 11.9 Å². The second-order valence-corrected chi connectivity index (χ2v) is 6.47. The first-order valence-electron chi connectivity index (χ1n) is 8.35. The van der Waals surface area contributed by atoms with Crippen molar-refractivity contribution in [3.05, 3.63) is 58.4 Å². The van der Waals surface area contributed by atoms with Crippen LogP contribution in [0.5, 0.6) is 0 Å². The molecule has 1 aliphatic heterocycles. The van der Waals surface area contributed by atoms with Crippen molar-refractivity contribution in [1.29, 1.82) is 0 Å². The van der Waals surface area contributed by atoms with E-state index in [4.69, 9.17) is 14.2 Å². The molecule has 0 unspecified atom stereocenters. The number of aryl methyl sites for hydroxylation is 1. The molecule has 0 aliphatic carbocycles. The van der Waals surface area contributed by atoms with E-state index in [1.807, 2.05) is 38.1 Å². The van der Waals surface area contributed by atoms with Crippen LogP contribution in [0.15, 0.2) is 36.1 Å². The Kier molecular flexibility index (Phi) is 5.70. The Morgan fingerprint density at radius 2 is 1.81 bits per heavy atom. The lowest BCUT2D eigenvalue weighted by atomic mass is 9.95. The van der Waals surface area contributed by atoms with Crippen LogP contribution < -0.4 is 0 Å². The highest BCUT2D eigenvalue weighted by atomic mass is 16.7. The lowest BCUT2D eigenvalue weighted by Crippen LogP contribution is -2.42. The second-order valence-electron chi connectivity index (χ2n) is 6.47. The van der Waals surface area contributed by atoms with Crippen LogP contribution in [-0.4, -0.2) is 24.8 Å². The van der Waals surface area contributed by atoms with Gasteiger partial charge in [-0.25, -0.2) is 9.59 Å². The fraction of sp³-hybridized carbons (Fsp3) is 0.333. The predicted octanol–water partition coefficient (Wildman–Crippen LogP) is 3.95. The van der Waals surface area contributed by atoms with Crippen molar-refractivity contribution in [2.24, 2.45) is 0 Å². The van der Waals surface area contributed by atoms with Gasteiger partial charge in [-0.1, -0.05) is 36.9 Å². The van der Waals surface area contributed by atoms with E-state index in [0.29, 0.717) is 0 Å². The molecule has 0 amide bonds. The molecule has 5 heteroatoms. The minimum Gasteiger partial charge on any atom is -0.500 e. The standard InChI is InChI=1S/C21H24O5/c1-7-9-15-10-13(3)14(8-2)11-16(15)12-17(24-6)18-19(22)25-21(4,5)26-20(18)23/h7-11H,2,12H2,1,3-6H3/b9-7+. The number of rotatable bonds is 5. The number of esters is 2. The highest BCUT2D eigenvalue weighted by molar-refractivity contribution is 6.15. The number of hydrogen-bond acceptors (Lipinski definition) is 5. The molecular weight excluding hydrogens is 332 g/mol. The van der Waals surface area contributed by atoms with Crippen molar-refractivity contribution in [3.8, 4) is 0 Å². The van der Waals surface area contributed by atoms with Crippen LogP contribution in [0.4, 0.5) is 0 Å². The second kappa shape index (κ2) is 7.60. The number of carbonyl (C=O) groups is 2. The maximum absolute atomic E-state index is 12.3. The zero-order valence-electron chi connectivity index (χ0n) is 15.8. The van der Waals surface area contributed by atoms with Gasteiger partial charge in [-0.2, -0.15) is 0 Å². The normalized spacial score (nSPS) is 16.3. The Bertz CT molecular complexity index is 790. The van der Waals surface area contributed by atoms with Gasteiger partial charge in [-0.05, 0) is 36.1 Å². The Morgan fingerprint density at radius 3 is 2.31 bits per heavy atom. The van der Waals surface area contributed by atoms with Crippen molar-refractivity contribution in [2.45, 2.75) is 39.9 Å². The number of benzene rings is 1. The van der Waals surface area contributed by atoms with Crippen LogP contribution in [0.1, 0.15) is 43.0 Å². The lowest BCUT2D eigenvalue weighted by Gasteiger charge is -2.30. The van der Waals surface area contributed by atoms with Crippen molar-refractivity contribution in [3.63, 3.8) is 0 Å². The van der Waals surface area contributed by atoms with Crippen molar-refractivity contribution < 1.29 is 23.8 Å². The highest BCUT2D eigenvalue weighted by Gasteiger charge is 2.41. The van der Waals surface area contributed by atoms with E-state index in [9.17, 15) is 9.59 Å². The van der Waals surface area contributed by atoms with Crippen molar-refractivity contribution in [2.75, 3.05) is 7.11 Å². The zero-order chi connectivity index (χ0) is 19.5. The van der Waals surface area contributed by atoms with E-state index in [2.05, 4.69) is 6.58 Å². The van der Waals surface area contributed by atoms with Crippen LogP contribution in [-0.2, 0) is 30.2 Å². The Balaban J connectivity index is 2.52. The van der Waals surface area contributed by atoms with Crippen LogP contribution in [0.25, 0.3) is 12.2 Å². The molecule has 2 rings (SSSR count). The summed E-state index contributed by atoms with van der Waals surface area (Å²) < 4.78 is 15.7. The van der Waals surface area contributed by atoms with Crippen LogP contribution in [0.3, 0.4) is 0 Å². The van der Waals surface area contributed by atoms with Crippen molar-refractivity contribution in [1.82, 2.24) is 0 Å². The molecule has 0 radical (unpaired) electrons. The molecule has 1 heterocycles. The summed E-state index contributed by atoms with van der Waals surface area (Å²) in [4.78, 5) is 24.6. The molecule has 5 nitrogen and oxygen atoms in total. The van der Waals surface area contributed by atoms with E-state index >= 15 is 0 Å². The molecule has 0 bridgehead atoms. The molecule has 26 heavy (non-hydrogen) atoms. The average molecular weight is 356 g/mol. The Labute approximate surface area is 153 Å². The number of allylic oxidation sites excluding steroid dienone is 2. The molecule has 0 N–H and O–H groups in total. The first kappa shape index (κ1) is 19.5. The third-order valence-corrected chi connectivity index (χ3v) is 4.06. The molecule has 0 spiro atoms. The molecule has 0 saturated carbocycles. The molecule has 1 fully saturated rings. The van der Waals surface area contributed by atoms with Gasteiger partial charge in [0.25, 0.3) is 5.79 Å². The molecule has 138 valence electrons. The smallest absolute Gasteiger partial charge is 0.352 e. The molecule has 1 aliphatic rings. The van der Waals surface area contributed by atoms with Crippen LogP contribution >= 0.6 is 0 Å². The molecule has 0 atom stereocenters. The monoisotopic (exact) mass is 356 g/mol. The quantitative estimate of drug-likeness (QED) is 0.346. The predicted molar refractivity (Wildman–Crippen MR) is 100.0 cm³/mol. The molecular formula is C21H24O5. The Hall–Kier alpha value is -2.82. The minimum atomic E-state index is -1.29. The van der Waals surface area contributed by atoms with Gasteiger partial charge in [0.05, 0.1) is 7.11 Å². The maximum atomic E-state index is 12.3. The zero-order valence-corrected chi connectivity index (χ0v) is 15.8. The summed E-state index contributed by atoms with van der Waals surface area (Å²) in [6, 6.07) is 4.01. The fourth-order valence-corrected chi connectivity index (χ4v) is 2.82. The van der Waals surface area contributed by atoms with Gasteiger partial charge in [0, 0.05) is 20.3 Å². The van der Waals surface area contributed by atoms with Gasteiger partial charge in [-0.15, -0.1) is 0 Å².